The topological polar surface area (TPSA) is 121 Å². The third-order valence-corrected chi connectivity index (χ3v) is 4.22. The normalized spacial score (nSPS) is 11.5. The summed E-state index contributed by atoms with van der Waals surface area (Å²) < 4.78 is 10.4. The van der Waals surface area contributed by atoms with E-state index in [1.54, 1.807) is 43.5 Å². The Kier molecular flexibility index (Phi) is 5.73. The second-order valence-electron chi connectivity index (χ2n) is 6.20. The summed E-state index contributed by atoms with van der Waals surface area (Å²) in [5.41, 5.74) is 7.12. The fourth-order valence-corrected chi connectivity index (χ4v) is 2.75. The molecule has 0 aliphatic carbocycles. The molecule has 0 bridgehead atoms. The van der Waals surface area contributed by atoms with Gasteiger partial charge in [-0.15, -0.1) is 0 Å². The number of para-hydroxylation sites is 1. The smallest absolute Gasteiger partial charge is 0.339 e. The van der Waals surface area contributed by atoms with Gasteiger partial charge in [-0.05, 0) is 43.3 Å². The van der Waals surface area contributed by atoms with Gasteiger partial charge >= 0.3 is 12.0 Å². The van der Waals surface area contributed by atoms with Crippen LogP contribution in [0.3, 0.4) is 0 Å². The maximum atomic E-state index is 12.8. The van der Waals surface area contributed by atoms with Crippen LogP contribution in [0.4, 0.5) is 4.79 Å². The van der Waals surface area contributed by atoms with E-state index in [1.807, 2.05) is 23.5 Å². The van der Waals surface area contributed by atoms with Crippen LogP contribution in [-0.4, -0.2) is 36.1 Å². The lowest BCUT2D eigenvalue weighted by molar-refractivity contribution is -0.127. The van der Waals surface area contributed by atoms with Crippen LogP contribution in [0.5, 0.6) is 5.75 Å². The minimum absolute atomic E-state index is 0.250. The number of imide groups is 1. The van der Waals surface area contributed by atoms with Gasteiger partial charge < -0.3 is 15.2 Å². The van der Waals surface area contributed by atoms with Crippen molar-refractivity contribution in [1.82, 2.24) is 10.3 Å². The summed E-state index contributed by atoms with van der Waals surface area (Å²) in [4.78, 5) is 40.0. The average Bonchev–Trinajstić information content (AvgIpc) is 2.72. The quantitative estimate of drug-likeness (QED) is 0.643. The van der Waals surface area contributed by atoms with E-state index in [0.717, 1.165) is 5.56 Å². The fraction of sp³-hybridized carbons (Fsp3) is 0.143. The molecule has 0 radical (unpaired) electrons. The lowest BCUT2D eigenvalue weighted by Crippen LogP contribution is -2.42. The number of carbonyl (C=O) groups excluding carboxylic acids is 3. The van der Waals surface area contributed by atoms with E-state index < -0.39 is 24.0 Å². The van der Waals surface area contributed by atoms with Crippen molar-refractivity contribution in [3.63, 3.8) is 0 Å². The zero-order valence-electron chi connectivity index (χ0n) is 15.8. The molecular weight excluding hydrogens is 374 g/mol. The Bertz CT molecular complexity index is 1080. The predicted octanol–water partition coefficient (Wildman–Crippen LogP) is 2.65. The van der Waals surface area contributed by atoms with Crippen LogP contribution in [-0.2, 0) is 9.53 Å². The molecule has 2 aromatic carbocycles. The number of aromatic nitrogens is 1. The first-order valence-corrected chi connectivity index (χ1v) is 8.74. The average molecular weight is 393 g/mol. The van der Waals surface area contributed by atoms with Crippen molar-refractivity contribution in [2.24, 2.45) is 5.73 Å². The van der Waals surface area contributed by atoms with E-state index in [0.29, 0.717) is 22.3 Å². The Balaban J connectivity index is 1.98. The van der Waals surface area contributed by atoms with E-state index in [4.69, 9.17) is 15.2 Å². The number of ether oxygens (including phenoxy) is 2. The van der Waals surface area contributed by atoms with E-state index in [-0.39, 0.29) is 5.56 Å². The fourth-order valence-electron chi connectivity index (χ4n) is 2.75. The van der Waals surface area contributed by atoms with Crippen LogP contribution in [0.15, 0.2) is 54.6 Å². The molecule has 0 aliphatic rings. The second-order valence-corrected chi connectivity index (χ2v) is 6.20. The first-order valence-electron chi connectivity index (χ1n) is 8.74. The molecule has 1 heterocycles. The highest BCUT2D eigenvalue weighted by molar-refractivity contribution is 6.06. The van der Waals surface area contributed by atoms with E-state index >= 15 is 0 Å². The molecule has 0 fully saturated rings. The van der Waals surface area contributed by atoms with Crippen LogP contribution in [0.25, 0.3) is 22.2 Å². The van der Waals surface area contributed by atoms with Gasteiger partial charge in [0.1, 0.15) is 5.75 Å². The zero-order chi connectivity index (χ0) is 21.0. The number of nitrogens with one attached hydrogen (secondary N) is 1. The van der Waals surface area contributed by atoms with Gasteiger partial charge in [0.2, 0.25) is 0 Å². The highest BCUT2D eigenvalue weighted by Gasteiger charge is 2.22. The largest absolute Gasteiger partial charge is 0.497 e. The van der Waals surface area contributed by atoms with Crippen LogP contribution in [0, 0.1) is 0 Å². The number of hydrogen-bond donors (Lipinski definition) is 2. The monoisotopic (exact) mass is 393 g/mol. The predicted molar refractivity (Wildman–Crippen MR) is 106 cm³/mol. The number of urea groups is 1. The third kappa shape index (κ3) is 4.49. The number of benzene rings is 2. The van der Waals surface area contributed by atoms with Crippen molar-refractivity contribution in [3.05, 3.63) is 60.2 Å². The summed E-state index contributed by atoms with van der Waals surface area (Å²) in [6.45, 7) is 1.35. The number of fused-ring (bicyclic) bond motifs is 1. The Morgan fingerprint density at radius 2 is 1.76 bits per heavy atom. The Morgan fingerprint density at radius 1 is 1.07 bits per heavy atom. The molecule has 1 aromatic heterocycles. The minimum atomic E-state index is -1.20. The maximum Gasteiger partial charge on any atom is 0.339 e. The number of nitrogens with two attached hydrogens (primary N) is 1. The molecule has 3 amide bonds. The van der Waals surface area contributed by atoms with Gasteiger partial charge in [-0.1, -0.05) is 18.2 Å². The summed E-state index contributed by atoms with van der Waals surface area (Å²) in [5, 5.41) is 2.46. The molecular formula is C21H19N3O5. The number of rotatable bonds is 5. The van der Waals surface area contributed by atoms with Crippen molar-refractivity contribution in [3.8, 4) is 17.0 Å². The van der Waals surface area contributed by atoms with Gasteiger partial charge in [0.05, 0.1) is 23.9 Å². The molecule has 0 unspecified atom stereocenters. The van der Waals surface area contributed by atoms with E-state index in [1.165, 1.54) is 6.92 Å². The summed E-state index contributed by atoms with van der Waals surface area (Å²) >= 11 is 0. The highest BCUT2D eigenvalue weighted by atomic mass is 16.5. The van der Waals surface area contributed by atoms with Crippen molar-refractivity contribution in [1.29, 1.82) is 0 Å². The van der Waals surface area contributed by atoms with Gasteiger partial charge in [0, 0.05) is 10.9 Å². The Hall–Kier alpha value is -3.94. The number of methoxy groups -OCH3 is 1. The third-order valence-electron chi connectivity index (χ3n) is 4.22. The van der Waals surface area contributed by atoms with Crippen molar-refractivity contribution in [2.75, 3.05) is 7.11 Å². The number of pyridine rings is 1. The Morgan fingerprint density at radius 3 is 2.41 bits per heavy atom. The van der Waals surface area contributed by atoms with Crippen molar-refractivity contribution >= 4 is 28.8 Å². The van der Waals surface area contributed by atoms with Crippen LogP contribution < -0.4 is 15.8 Å². The van der Waals surface area contributed by atoms with Gasteiger partial charge in [-0.3, -0.25) is 10.1 Å². The SMILES string of the molecule is COc1ccc(-c2cc(C(=O)O[C@@H](C)C(=O)NC(N)=O)c3ccccc3n2)cc1. The molecule has 148 valence electrons. The maximum absolute atomic E-state index is 12.8. The molecule has 0 saturated heterocycles. The van der Waals surface area contributed by atoms with Gasteiger partial charge in [0.15, 0.2) is 6.10 Å². The number of primary amides is 1. The van der Waals surface area contributed by atoms with Crippen molar-refractivity contribution in [2.45, 2.75) is 13.0 Å². The summed E-state index contributed by atoms with van der Waals surface area (Å²) in [6, 6.07) is 14.9. The lowest BCUT2D eigenvalue weighted by atomic mass is 10.0. The van der Waals surface area contributed by atoms with Crippen LogP contribution >= 0.6 is 0 Å². The van der Waals surface area contributed by atoms with Crippen LogP contribution in [0.1, 0.15) is 17.3 Å². The first kappa shape index (κ1) is 19.8. The molecule has 8 nitrogen and oxygen atoms in total. The molecule has 3 N–H and O–H groups in total. The molecule has 0 spiro atoms. The number of amides is 3. The van der Waals surface area contributed by atoms with Gasteiger partial charge in [-0.2, -0.15) is 0 Å². The van der Waals surface area contributed by atoms with E-state index in [9.17, 15) is 14.4 Å². The molecule has 0 saturated carbocycles. The molecule has 8 heteroatoms. The highest BCUT2D eigenvalue weighted by Crippen LogP contribution is 2.27. The van der Waals surface area contributed by atoms with Gasteiger partial charge in [-0.25, -0.2) is 14.6 Å². The molecule has 0 aliphatic heterocycles. The zero-order valence-corrected chi connectivity index (χ0v) is 15.8. The standard InChI is InChI=1S/C21H19N3O5/c1-12(19(25)24-21(22)27)29-20(26)16-11-18(13-7-9-14(28-2)10-8-13)23-17-6-4-3-5-15(16)17/h3-12H,1-2H3,(H3,22,24,25,27)/t12-/m0/s1. The summed E-state index contributed by atoms with van der Waals surface area (Å²) in [6.07, 6.45) is -1.20. The lowest BCUT2D eigenvalue weighted by Gasteiger charge is -2.14. The molecule has 1 atom stereocenters. The summed E-state index contributed by atoms with van der Waals surface area (Å²) in [7, 11) is 1.58. The molecule has 29 heavy (non-hydrogen) atoms. The van der Waals surface area contributed by atoms with Gasteiger partial charge in [0.25, 0.3) is 5.91 Å². The summed E-state index contributed by atoms with van der Waals surface area (Å²) in [5.74, 6) is -0.825. The van der Waals surface area contributed by atoms with Crippen LogP contribution in [0.2, 0.25) is 0 Å². The molecule has 3 aromatic rings. The molecule has 3 rings (SSSR count). The van der Waals surface area contributed by atoms with Crippen molar-refractivity contribution < 1.29 is 23.9 Å². The number of hydrogen-bond acceptors (Lipinski definition) is 6. The minimum Gasteiger partial charge on any atom is -0.497 e. The van der Waals surface area contributed by atoms with E-state index in [2.05, 4.69) is 4.98 Å². The Labute approximate surface area is 166 Å². The number of carbonyl (C=O) groups is 3. The first-order chi connectivity index (χ1) is 13.9. The second kappa shape index (κ2) is 8.39. The number of nitrogens with zero attached hydrogens (tertiary/aromatic N) is 1. The number of esters is 1.